The summed E-state index contributed by atoms with van der Waals surface area (Å²) in [6.45, 7) is 4.95. The lowest BCUT2D eigenvalue weighted by Crippen LogP contribution is -2.40. The number of hydrogen-bond acceptors (Lipinski definition) is 3. The van der Waals surface area contributed by atoms with Crippen molar-refractivity contribution in [2.75, 3.05) is 6.61 Å². The number of fused-ring (bicyclic) bond motifs is 1. The van der Waals surface area contributed by atoms with Crippen molar-refractivity contribution >= 4 is 5.97 Å². The summed E-state index contributed by atoms with van der Waals surface area (Å²) < 4.78 is 11.5. The van der Waals surface area contributed by atoms with E-state index in [0.29, 0.717) is 18.3 Å². The first-order valence-corrected chi connectivity index (χ1v) is 12.7. The molecule has 1 aromatic carbocycles. The first-order valence-electron chi connectivity index (χ1n) is 12.7. The largest absolute Gasteiger partial charge is 0.490 e. The molecule has 3 saturated carbocycles. The van der Waals surface area contributed by atoms with Gasteiger partial charge in [-0.2, -0.15) is 0 Å². The van der Waals surface area contributed by atoms with Gasteiger partial charge in [-0.15, -0.1) is 0 Å². The molecule has 0 bridgehead atoms. The molecule has 3 aliphatic carbocycles. The topological polar surface area (TPSA) is 35.5 Å². The Kier molecular flexibility index (Phi) is 7.74. The number of ether oxygens (including phenoxy) is 2. The molecule has 4 rings (SSSR count). The van der Waals surface area contributed by atoms with Gasteiger partial charge in [0.1, 0.15) is 18.1 Å². The van der Waals surface area contributed by atoms with Crippen molar-refractivity contribution in [3.05, 3.63) is 36.4 Å². The van der Waals surface area contributed by atoms with Crippen molar-refractivity contribution in [1.29, 1.82) is 0 Å². The number of benzene rings is 1. The molecule has 170 valence electrons. The van der Waals surface area contributed by atoms with Gasteiger partial charge in [-0.25, -0.2) is 0 Å². The minimum atomic E-state index is -0.0118. The Balaban J connectivity index is 1.31. The summed E-state index contributed by atoms with van der Waals surface area (Å²) in [5, 5.41) is 0. The van der Waals surface area contributed by atoms with Gasteiger partial charge in [0.2, 0.25) is 0 Å². The van der Waals surface area contributed by atoms with Gasteiger partial charge in [0.15, 0.2) is 0 Å². The highest BCUT2D eigenvalue weighted by atomic mass is 16.5. The second kappa shape index (κ2) is 10.7. The number of carbonyl (C=O) groups is 1. The van der Waals surface area contributed by atoms with Crippen LogP contribution in [0, 0.1) is 35.5 Å². The molecule has 0 amide bonds. The molecule has 0 saturated heterocycles. The Hall–Kier alpha value is -1.77. The molecule has 1 aromatic rings. The van der Waals surface area contributed by atoms with Crippen LogP contribution in [0.5, 0.6) is 11.5 Å². The average Bonchev–Trinajstić information content (AvgIpc) is 2.80. The highest BCUT2D eigenvalue weighted by Gasteiger charge is 2.43. The van der Waals surface area contributed by atoms with Crippen LogP contribution in [-0.4, -0.2) is 12.6 Å². The molecular formula is C28H40O3. The summed E-state index contributed by atoms with van der Waals surface area (Å²) in [7, 11) is 0. The van der Waals surface area contributed by atoms with Crippen LogP contribution in [0.4, 0.5) is 0 Å². The SMILES string of the molecule is C/C=C/COc1ccc(OC(=O)C2CCCC3CC(C4CCC(C)CC4)CCC32)cc1. The molecule has 0 N–H and O–H groups in total. The number of allylic oxidation sites excluding steroid dienone is 1. The van der Waals surface area contributed by atoms with Gasteiger partial charge < -0.3 is 9.47 Å². The van der Waals surface area contributed by atoms with Crippen LogP contribution in [0.15, 0.2) is 36.4 Å². The molecule has 31 heavy (non-hydrogen) atoms. The summed E-state index contributed by atoms with van der Waals surface area (Å²) in [6.07, 6.45) is 17.0. The second-order valence-corrected chi connectivity index (χ2v) is 10.3. The van der Waals surface area contributed by atoms with Crippen LogP contribution >= 0.6 is 0 Å². The summed E-state index contributed by atoms with van der Waals surface area (Å²) in [6, 6.07) is 7.46. The maximum Gasteiger partial charge on any atom is 0.314 e. The van der Waals surface area contributed by atoms with Gasteiger partial charge in [0.25, 0.3) is 0 Å². The van der Waals surface area contributed by atoms with E-state index in [9.17, 15) is 4.79 Å². The Morgan fingerprint density at radius 1 is 0.903 bits per heavy atom. The molecule has 0 aromatic heterocycles. The molecule has 4 atom stereocenters. The predicted molar refractivity (Wildman–Crippen MR) is 125 cm³/mol. The number of carbonyl (C=O) groups excluding carboxylic acids is 1. The Morgan fingerprint density at radius 3 is 2.35 bits per heavy atom. The van der Waals surface area contributed by atoms with Crippen LogP contribution in [0.3, 0.4) is 0 Å². The third-order valence-corrected chi connectivity index (χ3v) is 8.34. The first-order chi connectivity index (χ1) is 15.1. The Bertz CT molecular complexity index is 729. The van der Waals surface area contributed by atoms with E-state index >= 15 is 0 Å². The second-order valence-electron chi connectivity index (χ2n) is 10.3. The van der Waals surface area contributed by atoms with Crippen LogP contribution in [-0.2, 0) is 4.79 Å². The number of hydrogen-bond donors (Lipinski definition) is 0. The maximum absolute atomic E-state index is 13.1. The van der Waals surface area contributed by atoms with Gasteiger partial charge in [0, 0.05) is 0 Å². The molecule has 0 radical (unpaired) electrons. The fraction of sp³-hybridized carbons (Fsp3) is 0.679. The zero-order chi connectivity index (χ0) is 21.6. The van der Waals surface area contributed by atoms with Crippen molar-refractivity contribution < 1.29 is 14.3 Å². The van der Waals surface area contributed by atoms with E-state index in [1.807, 2.05) is 43.3 Å². The monoisotopic (exact) mass is 424 g/mol. The summed E-state index contributed by atoms with van der Waals surface area (Å²) >= 11 is 0. The lowest BCUT2D eigenvalue weighted by molar-refractivity contribution is -0.144. The fourth-order valence-corrected chi connectivity index (χ4v) is 6.51. The lowest BCUT2D eigenvalue weighted by Gasteiger charge is -2.45. The molecule has 3 fully saturated rings. The summed E-state index contributed by atoms with van der Waals surface area (Å²) in [5.74, 6) is 5.53. The van der Waals surface area contributed by atoms with Crippen LogP contribution in [0.25, 0.3) is 0 Å². The van der Waals surface area contributed by atoms with E-state index < -0.39 is 0 Å². The third kappa shape index (κ3) is 5.73. The fourth-order valence-electron chi connectivity index (χ4n) is 6.51. The molecule has 0 aliphatic heterocycles. The Labute approximate surface area is 188 Å². The van der Waals surface area contributed by atoms with Crippen molar-refractivity contribution in [2.45, 2.75) is 78.1 Å². The predicted octanol–water partition coefficient (Wildman–Crippen LogP) is 7.21. The molecule has 0 spiro atoms. The van der Waals surface area contributed by atoms with Crippen LogP contribution in [0.1, 0.15) is 78.1 Å². The van der Waals surface area contributed by atoms with E-state index in [-0.39, 0.29) is 11.9 Å². The standard InChI is InChI=1S/C28H40O3/c1-3-4-18-30-24-13-15-25(16-14-24)31-28(29)27-7-5-6-23-19-22(12-17-26(23)27)21-10-8-20(2)9-11-21/h3-4,13-16,20-23,26-27H,5-12,17-19H2,1-2H3/b4-3+. The molecule has 4 unspecified atom stereocenters. The summed E-state index contributed by atoms with van der Waals surface area (Å²) in [5.41, 5.74) is 0. The van der Waals surface area contributed by atoms with Crippen molar-refractivity contribution in [3.63, 3.8) is 0 Å². The molecule has 3 heteroatoms. The average molecular weight is 425 g/mol. The van der Waals surface area contributed by atoms with E-state index in [1.54, 1.807) is 0 Å². The van der Waals surface area contributed by atoms with Crippen LogP contribution < -0.4 is 9.47 Å². The lowest BCUT2D eigenvalue weighted by atomic mass is 9.59. The van der Waals surface area contributed by atoms with Gasteiger partial charge in [-0.1, -0.05) is 44.8 Å². The van der Waals surface area contributed by atoms with Gasteiger partial charge in [-0.05, 0) is 99.3 Å². The molecular weight excluding hydrogens is 384 g/mol. The molecule has 0 heterocycles. The summed E-state index contributed by atoms with van der Waals surface area (Å²) in [4.78, 5) is 13.1. The number of rotatable bonds is 6. The van der Waals surface area contributed by atoms with E-state index in [1.165, 1.54) is 57.8 Å². The van der Waals surface area contributed by atoms with Crippen molar-refractivity contribution in [2.24, 2.45) is 35.5 Å². The smallest absolute Gasteiger partial charge is 0.314 e. The van der Waals surface area contributed by atoms with E-state index in [0.717, 1.165) is 35.8 Å². The Morgan fingerprint density at radius 2 is 1.61 bits per heavy atom. The maximum atomic E-state index is 13.1. The van der Waals surface area contributed by atoms with Crippen molar-refractivity contribution in [3.8, 4) is 11.5 Å². The minimum Gasteiger partial charge on any atom is -0.490 e. The van der Waals surface area contributed by atoms with Gasteiger partial charge in [-0.3, -0.25) is 4.79 Å². The van der Waals surface area contributed by atoms with Crippen molar-refractivity contribution in [1.82, 2.24) is 0 Å². The zero-order valence-corrected chi connectivity index (χ0v) is 19.4. The third-order valence-electron chi connectivity index (χ3n) is 8.34. The quantitative estimate of drug-likeness (QED) is 0.275. The number of esters is 1. The molecule has 3 nitrogen and oxygen atoms in total. The first kappa shape index (κ1) is 22.4. The molecule has 3 aliphatic rings. The highest BCUT2D eigenvalue weighted by molar-refractivity contribution is 5.75. The zero-order valence-electron chi connectivity index (χ0n) is 19.4. The van der Waals surface area contributed by atoms with E-state index in [4.69, 9.17) is 9.47 Å². The highest BCUT2D eigenvalue weighted by Crippen LogP contribution is 2.50. The van der Waals surface area contributed by atoms with Crippen LogP contribution in [0.2, 0.25) is 0 Å². The minimum absolute atomic E-state index is 0.0118. The van der Waals surface area contributed by atoms with Gasteiger partial charge >= 0.3 is 5.97 Å². The van der Waals surface area contributed by atoms with E-state index in [2.05, 4.69) is 6.92 Å². The normalized spacial score (nSPS) is 33.6. The van der Waals surface area contributed by atoms with Gasteiger partial charge in [0.05, 0.1) is 5.92 Å².